The Bertz CT molecular complexity index is 4220. The second kappa shape index (κ2) is 65.3. The first-order chi connectivity index (χ1) is 71.0. The molecule has 150 heavy (non-hydrogen) atoms. The predicted molar refractivity (Wildman–Crippen MR) is 524 cm³/mol. The largest absolute Gasteiger partial charge is 0.493 e. The lowest BCUT2D eigenvalue weighted by Crippen LogP contribution is -2.60. The van der Waals surface area contributed by atoms with Gasteiger partial charge in [-0.2, -0.15) is 0 Å². The lowest BCUT2D eigenvalue weighted by atomic mass is 9.67. The number of hydrogen-bond donors (Lipinski definition) is 16. The molecule has 4 amide bonds. The van der Waals surface area contributed by atoms with Crippen molar-refractivity contribution in [3.63, 3.8) is 0 Å². The van der Waals surface area contributed by atoms with Gasteiger partial charge in [0.1, 0.15) is 45.2 Å². The van der Waals surface area contributed by atoms with Crippen LogP contribution in [0.4, 0.5) is 0 Å². The van der Waals surface area contributed by atoms with Gasteiger partial charge >= 0.3 is 71.6 Å². The minimum absolute atomic E-state index is 0.00309. The molecule has 4 aromatic carbocycles. The van der Waals surface area contributed by atoms with Crippen molar-refractivity contribution in [3.8, 4) is 23.0 Å². The fraction of sp³-hybridized carbons (Fsp3) is 0.608. The van der Waals surface area contributed by atoms with Gasteiger partial charge in [-0.1, -0.05) is 48.5 Å². The molecule has 16 N–H and O–H groups in total. The zero-order chi connectivity index (χ0) is 111. The maximum Gasteiger partial charge on any atom is 0.305 e. The molecule has 4 aromatic rings. The second-order valence-corrected chi connectivity index (χ2v) is 37.1. The minimum atomic E-state index is -1.96. The number of carboxylic acids is 12. The van der Waals surface area contributed by atoms with Crippen LogP contribution in [-0.2, 0) is 144 Å². The second-order valence-electron chi connectivity index (χ2n) is 37.1. The molecule has 10 aliphatic rings. The van der Waals surface area contributed by atoms with E-state index in [9.17, 15) is 119 Å². The molecule has 10 heterocycles. The van der Waals surface area contributed by atoms with Crippen LogP contribution in [0.2, 0.25) is 0 Å². The summed E-state index contributed by atoms with van der Waals surface area (Å²) >= 11 is 0. The molecule has 0 saturated heterocycles. The first-order valence-corrected chi connectivity index (χ1v) is 48.8. The summed E-state index contributed by atoms with van der Waals surface area (Å²) in [6.45, 7) is 0.901. The summed E-state index contributed by atoms with van der Waals surface area (Å²) in [6, 6.07) is 13.5. The van der Waals surface area contributed by atoms with Gasteiger partial charge in [0.25, 0.3) is 0 Å². The maximum absolute atomic E-state index is 16.2. The zero-order valence-corrected chi connectivity index (χ0v) is 86.0. The monoisotopic (exact) mass is 2130 g/mol. The summed E-state index contributed by atoms with van der Waals surface area (Å²) in [6.07, 6.45) is -8.48. The highest BCUT2D eigenvalue weighted by Gasteiger charge is 2.48. The van der Waals surface area contributed by atoms with Gasteiger partial charge in [0, 0.05) is 36.5 Å². The standard InChI is InChI=1S/C102H144N4O44/c1-65-41-73-42-66(2)93(65)147-25-9-10-26-148-95-69(5)45-75(46-70(95)6)102(51-79(109)105-99(59-141-35-19-87(123)124,60-142-36-20-88(125)126)61-143-37-21-89(127)128,52-80(110)106-100(62-144-38-22-90(129)130,63-145-39-23-91(131)132)64-146-40-24-92(133)134)76-47-71(7)96(72(8)48-76)150-28-12-11-27-149-94-67(3)43-74(44-68(94)4)101(73,49-77(107)103-97(53-135-29-13-81(111)112,54-136-30-14-82(113)114)55-137-31-15-83(115)116)50-78(108)104-98(56-138-32-16-84(117)118,57-139-33-17-85(119)120)58-140-34-18-86(121)122/h41-48H,9-40,49-64H2,1-8H3,(H,103,107)(H,104,108)(H,105,109)(H,106,110)(H,111,112)(H,113,114)(H,115,116)(H,117,118)(H,119,120)(H,121,122)(H,123,124)(H,125,126)(H,127,128)(H,129,130)(H,131,132)(H,133,134). The molecule has 0 aliphatic carbocycles. The fourth-order valence-electron chi connectivity index (χ4n) is 16.7. The first-order valence-electron chi connectivity index (χ1n) is 48.8. The quantitative estimate of drug-likeness (QED) is 0.0213. The third-order valence-electron chi connectivity index (χ3n) is 23.6. The molecule has 8 bridgehead atoms. The molecule has 0 atom stereocenters. The van der Waals surface area contributed by atoms with E-state index in [0.717, 1.165) is 0 Å². The normalized spacial score (nSPS) is 13.4. The summed E-state index contributed by atoms with van der Waals surface area (Å²) in [4.78, 5) is 208. The molecule has 836 valence electrons. The number of carboxylic acid groups (broad SMARTS) is 12. The van der Waals surface area contributed by atoms with Crippen LogP contribution in [0.5, 0.6) is 23.0 Å². The average molecular weight is 2130 g/mol. The third-order valence-corrected chi connectivity index (χ3v) is 23.6. The Hall–Kier alpha value is -12.9. The summed E-state index contributed by atoms with van der Waals surface area (Å²) in [5.41, 5.74) is -7.13. The van der Waals surface area contributed by atoms with E-state index in [0.29, 0.717) is 67.5 Å². The van der Waals surface area contributed by atoms with Crippen LogP contribution in [0.1, 0.15) is 195 Å². The van der Waals surface area contributed by atoms with E-state index in [1.807, 2.05) is 0 Å². The number of aryl methyl sites for hydroxylation is 8. The molecular formula is C102H144N4O44. The number of carbonyl (C=O) groups excluding carboxylic acids is 4. The van der Waals surface area contributed by atoms with Gasteiger partial charge in [-0.15, -0.1) is 0 Å². The van der Waals surface area contributed by atoms with E-state index in [1.54, 1.807) is 104 Å². The predicted octanol–water partition coefficient (Wildman–Crippen LogP) is 6.39. The smallest absolute Gasteiger partial charge is 0.305 e. The van der Waals surface area contributed by atoms with Gasteiger partial charge in [-0.25, -0.2) is 0 Å². The average Bonchev–Trinajstić information content (AvgIpc) is 0.749. The number of ether oxygens (including phenoxy) is 16. The van der Waals surface area contributed by atoms with Gasteiger partial charge in [0.2, 0.25) is 23.6 Å². The molecule has 0 saturated carbocycles. The number of hydrogen-bond acceptors (Lipinski definition) is 32. The van der Waals surface area contributed by atoms with E-state index in [-0.39, 0.29) is 74.4 Å². The van der Waals surface area contributed by atoms with E-state index >= 15 is 19.2 Å². The molecule has 0 unspecified atom stereocenters. The highest BCUT2D eigenvalue weighted by Crippen LogP contribution is 2.47. The molecular weight excluding hydrogens is 1990 g/mol. The van der Waals surface area contributed by atoms with Crippen molar-refractivity contribution in [2.75, 3.05) is 185 Å². The van der Waals surface area contributed by atoms with Crippen molar-refractivity contribution in [2.45, 2.75) is 217 Å². The summed E-state index contributed by atoms with van der Waals surface area (Å²) in [5, 5.41) is 128. The summed E-state index contributed by atoms with van der Waals surface area (Å²) in [5.74, 6) is -17.6. The zero-order valence-electron chi connectivity index (χ0n) is 86.0. The lowest BCUT2D eigenvalue weighted by molar-refractivity contribution is -0.142. The Morgan fingerprint density at radius 1 is 0.220 bits per heavy atom. The van der Waals surface area contributed by atoms with Crippen LogP contribution in [-0.4, -0.2) is 364 Å². The third kappa shape index (κ3) is 46.3. The van der Waals surface area contributed by atoms with Crippen molar-refractivity contribution in [2.24, 2.45) is 0 Å². The van der Waals surface area contributed by atoms with Crippen molar-refractivity contribution in [1.29, 1.82) is 0 Å². The number of nitrogens with one attached hydrogen (secondary N) is 4. The van der Waals surface area contributed by atoms with E-state index < -0.39 is 390 Å². The van der Waals surface area contributed by atoms with Crippen LogP contribution in [0, 0.1) is 55.4 Å². The molecule has 0 radical (unpaired) electrons. The van der Waals surface area contributed by atoms with Crippen LogP contribution in [0.25, 0.3) is 0 Å². The van der Waals surface area contributed by atoms with Crippen LogP contribution < -0.4 is 40.2 Å². The van der Waals surface area contributed by atoms with Gasteiger partial charge in [-0.05, 0) is 148 Å². The number of aliphatic carboxylic acids is 12. The highest BCUT2D eigenvalue weighted by atomic mass is 16.6. The van der Waals surface area contributed by atoms with Crippen molar-refractivity contribution >= 4 is 95.3 Å². The van der Waals surface area contributed by atoms with E-state index in [2.05, 4.69) is 21.3 Å². The number of carbonyl (C=O) groups is 16. The SMILES string of the molecule is Cc1cc2cc(C)c1OCCCCOc1c(C)cc(cc1C)C(CC(=O)NC(COCCC(=O)O)(COCCC(=O)O)COCCC(=O)O)(CC(=O)NC(COCCC(=O)O)(COCCC(=O)O)COCCC(=O)O)c1cc(C)c(c(C)c1)OCCCCOc1c(C)cc(cc1C)C2(CC(=O)NC(COCCC(=O)O)(COCCC(=O)O)COCCC(=O)O)CC(=O)NC(COCCC(=O)O)(COCCC(=O)O)COCCC(=O)O. The Balaban J connectivity index is 1.88. The molecule has 48 nitrogen and oxygen atoms in total. The van der Waals surface area contributed by atoms with E-state index in [1.165, 1.54) is 0 Å². The fourth-order valence-corrected chi connectivity index (χ4v) is 16.7. The molecule has 0 fully saturated rings. The number of rotatable bonds is 72. The molecule has 10 aliphatic heterocycles. The van der Waals surface area contributed by atoms with Gasteiger partial charge in [0.05, 0.1) is 262 Å². The van der Waals surface area contributed by atoms with E-state index in [4.69, 9.17) is 75.8 Å². The van der Waals surface area contributed by atoms with Gasteiger partial charge < -0.3 is 158 Å². The number of amides is 4. The van der Waals surface area contributed by atoms with Gasteiger partial charge in [-0.3, -0.25) is 76.7 Å². The number of benzene rings is 4. The molecule has 14 rings (SSSR count). The minimum Gasteiger partial charge on any atom is -0.493 e. The Morgan fingerprint density at radius 3 is 0.440 bits per heavy atom. The molecule has 0 aromatic heterocycles. The topological polar surface area (TPSA) is 712 Å². The molecule has 48 heteroatoms. The van der Waals surface area contributed by atoms with Crippen molar-refractivity contribution in [1.82, 2.24) is 21.3 Å². The molecule has 0 spiro atoms. The maximum atomic E-state index is 16.2. The van der Waals surface area contributed by atoms with Crippen molar-refractivity contribution < 1.29 is 214 Å². The van der Waals surface area contributed by atoms with Crippen LogP contribution >= 0.6 is 0 Å². The van der Waals surface area contributed by atoms with Crippen LogP contribution in [0.3, 0.4) is 0 Å². The Labute approximate surface area is 866 Å². The summed E-state index contributed by atoms with van der Waals surface area (Å²) in [7, 11) is 0. The lowest BCUT2D eigenvalue weighted by Gasteiger charge is -2.40. The summed E-state index contributed by atoms with van der Waals surface area (Å²) < 4.78 is 97.7. The van der Waals surface area contributed by atoms with Crippen molar-refractivity contribution in [3.05, 3.63) is 115 Å². The van der Waals surface area contributed by atoms with Gasteiger partial charge in [0.15, 0.2) is 0 Å². The first kappa shape index (κ1) is 128. The Morgan fingerprint density at radius 2 is 0.333 bits per heavy atom. The highest BCUT2D eigenvalue weighted by molar-refractivity contribution is 5.87. The van der Waals surface area contributed by atoms with Crippen LogP contribution in [0.15, 0.2) is 48.5 Å². The Kier molecular flexibility index (Phi) is 55.5.